The van der Waals surface area contributed by atoms with Crippen molar-refractivity contribution in [1.29, 1.82) is 0 Å². The van der Waals surface area contributed by atoms with Crippen molar-refractivity contribution in [2.75, 3.05) is 26.7 Å². The summed E-state index contributed by atoms with van der Waals surface area (Å²) in [6, 6.07) is 5.44. The zero-order chi connectivity index (χ0) is 17.7. The number of nitrogens with zero attached hydrogens (tertiary/aromatic N) is 2. The maximum absolute atomic E-state index is 12.5. The summed E-state index contributed by atoms with van der Waals surface area (Å²) in [5, 5.41) is 9.84. The lowest BCUT2D eigenvalue weighted by Gasteiger charge is -2.25. The average molecular weight is 373 g/mol. The van der Waals surface area contributed by atoms with E-state index >= 15 is 0 Å². The molecule has 2 rings (SSSR count). The summed E-state index contributed by atoms with van der Waals surface area (Å²) in [4.78, 5) is 27.1. The third kappa shape index (κ3) is 5.36. The first kappa shape index (κ1) is 19.0. The molecule has 0 bridgehead atoms. The summed E-state index contributed by atoms with van der Waals surface area (Å²) in [5.41, 5.74) is 0.846. The number of amides is 1. The number of carbonyl (C=O) groups excluding carboxylic acids is 1. The standard InChI is InChI=1S/C17H22Cl2N2O3/c1-20(11-17(23)24)13-3-2-7-21(8-6-13)16(22)10-12-4-5-14(18)15(19)9-12/h4-5,9,13H,2-3,6-8,10-11H2,1H3,(H,23,24). The molecular formula is C17H22Cl2N2O3. The fourth-order valence-corrected chi connectivity index (χ4v) is 3.37. The van der Waals surface area contributed by atoms with Crippen LogP contribution in [-0.4, -0.2) is 59.5 Å². The minimum Gasteiger partial charge on any atom is -0.480 e. The number of hydrogen-bond donors (Lipinski definition) is 1. The van der Waals surface area contributed by atoms with E-state index in [1.165, 1.54) is 0 Å². The van der Waals surface area contributed by atoms with Gasteiger partial charge in [0.15, 0.2) is 0 Å². The summed E-state index contributed by atoms with van der Waals surface area (Å²) in [7, 11) is 1.83. The van der Waals surface area contributed by atoms with Gasteiger partial charge < -0.3 is 10.0 Å². The summed E-state index contributed by atoms with van der Waals surface area (Å²) in [5.74, 6) is -0.760. The van der Waals surface area contributed by atoms with Crippen molar-refractivity contribution in [1.82, 2.24) is 9.80 Å². The number of benzene rings is 1. The highest BCUT2D eigenvalue weighted by Crippen LogP contribution is 2.23. The zero-order valence-corrected chi connectivity index (χ0v) is 15.2. The number of carbonyl (C=O) groups is 2. The molecule has 0 radical (unpaired) electrons. The molecule has 1 unspecified atom stereocenters. The van der Waals surface area contributed by atoms with Gasteiger partial charge in [-0.05, 0) is 44.0 Å². The highest BCUT2D eigenvalue weighted by Gasteiger charge is 2.24. The first-order valence-electron chi connectivity index (χ1n) is 8.00. The molecule has 0 saturated carbocycles. The van der Waals surface area contributed by atoms with Crippen LogP contribution in [0.3, 0.4) is 0 Å². The predicted octanol–water partition coefficient (Wildman–Crippen LogP) is 2.93. The van der Waals surface area contributed by atoms with Crippen LogP contribution in [0.5, 0.6) is 0 Å². The maximum atomic E-state index is 12.5. The normalized spacial score (nSPS) is 18.5. The summed E-state index contributed by atoms with van der Waals surface area (Å²) in [6.07, 6.45) is 2.87. The molecule has 1 aromatic rings. The van der Waals surface area contributed by atoms with E-state index in [4.69, 9.17) is 28.3 Å². The van der Waals surface area contributed by atoms with Crippen LogP contribution in [0, 0.1) is 0 Å². The van der Waals surface area contributed by atoms with Gasteiger partial charge >= 0.3 is 5.97 Å². The van der Waals surface area contributed by atoms with E-state index in [-0.39, 0.29) is 18.5 Å². The molecule has 24 heavy (non-hydrogen) atoms. The van der Waals surface area contributed by atoms with E-state index in [0.717, 1.165) is 24.8 Å². The van der Waals surface area contributed by atoms with Crippen molar-refractivity contribution in [2.24, 2.45) is 0 Å². The van der Waals surface area contributed by atoms with Gasteiger partial charge in [-0.1, -0.05) is 29.3 Å². The molecule has 132 valence electrons. The molecule has 1 saturated heterocycles. The lowest BCUT2D eigenvalue weighted by Crippen LogP contribution is -2.37. The van der Waals surface area contributed by atoms with Gasteiger partial charge in [0.25, 0.3) is 0 Å². The number of rotatable bonds is 5. The molecule has 1 N–H and O–H groups in total. The number of halogens is 2. The topological polar surface area (TPSA) is 60.9 Å². The van der Waals surface area contributed by atoms with Gasteiger partial charge in [-0.25, -0.2) is 0 Å². The van der Waals surface area contributed by atoms with E-state index in [1.807, 2.05) is 22.9 Å². The second-order valence-electron chi connectivity index (χ2n) is 6.20. The highest BCUT2D eigenvalue weighted by molar-refractivity contribution is 6.42. The van der Waals surface area contributed by atoms with Gasteiger partial charge in [-0.15, -0.1) is 0 Å². The van der Waals surface area contributed by atoms with Crippen molar-refractivity contribution >= 4 is 35.1 Å². The Morgan fingerprint density at radius 1 is 1.25 bits per heavy atom. The van der Waals surface area contributed by atoms with Crippen LogP contribution in [0.1, 0.15) is 24.8 Å². The number of likely N-dealkylation sites (tertiary alicyclic amines) is 1. The second-order valence-corrected chi connectivity index (χ2v) is 7.01. The molecule has 7 heteroatoms. The fourth-order valence-electron chi connectivity index (χ4n) is 3.05. The number of likely N-dealkylation sites (N-methyl/N-ethyl adjacent to an activating group) is 1. The van der Waals surface area contributed by atoms with Crippen LogP contribution in [0.25, 0.3) is 0 Å². The Morgan fingerprint density at radius 2 is 2.00 bits per heavy atom. The van der Waals surface area contributed by atoms with Crippen LogP contribution in [-0.2, 0) is 16.0 Å². The fraction of sp³-hybridized carbons (Fsp3) is 0.529. The molecule has 1 amide bonds. The monoisotopic (exact) mass is 372 g/mol. The molecule has 1 aliphatic rings. The van der Waals surface area contributed by atoms with Gasteiger partial charge in [0.05, 0.1) is 23.0 Å². The van der Waals surface area contributed by atoms with Gasteiger partial charge in [-0.2, -0.15) is 0 Å². The Kier molecular flexibility index (Phi) is 6.90. The van der Waals surface area contributed by atoms with Crippen LogP contribution in [0.4, 0.5) is 0 Å². The number of carboxylic acid groups (broad SMARTS) is 1. The van der Waals surface area contributed by atoms with E-state index in [2.05, 4.69) is 0 Å². The summed E-state index contributed by atoms with van der Waals surface area (Å²) < 4.78 is 0. The number of hydrogen-bond acceptors (Lipinski definition) is 3. The van der Waals surface area contributed by atoms with Crippen molar-refractivity contribution in [2.45, 2.75) is 31.7 Å². The minimum atomic E-state index is -0.825. The van der Waals surface area contributed by atoms with Crippen LogP contribution < -0.4 is 0 Å². The molecule has 1 aromatic carbocycles. The average Bonchev–Trinajstić information content (AvgIpc) is 2.76. The molecule has 1 aliphatic heterocycles. The molecule has 0 aliphatic carbocycles. The smallest absolute Gasteiger partial charge is 0.317 e. The quantitative estimate of drug-likeness (QED) is 0.862. The maximum Gasteiger partial charge on any atom is 0.317 e. The third-order valence-electron chi connectivity index (χ3n) is 4.40. The Bertz CT molecular complexity index is 609. The van der Waals surface area contributed by atoms with E-state index < -0.39 is 5.97 Å². The molecule has 0 spiro atoms. The van der Waals surface area contributed by atoms with Gasteiger partial charge in [0.1, 0.15) is 0 Å². The third-order valence-corrected chi connectivity index (χ3v) is 5.14. The first-order valence-corrected chi connectivity index (χ1v) is 8.76. The first-order chi connectivity index (χ1) is 11.4. The molecule has 1 atom stereocenters. The zero-order valence-electron chi connectivity index (χ0n) is 13.7. The molecular weight excluding hydrogens is 351 g/mol. The van der Waals surface area contributed by atoms with E-state index in [9.17, 15) is 9.59 Å². The summed E-state index contributed by atoms with van der Waals surface area (Å²) >= 11 is 11.9. The molecule has 5 nitrogen and oxygen atoms in total. The van der Waals surface area contributed by atoms with E-state index in [0.29, 0.717) is 29.6 Å². The van der Waals surface area contributed by atoms with Crippen molar-refractivity contribution in [3.63, 3.8) is 0 Å². The summed E-state index contributed by atoms with van der Waals surface area (Å²) in [6.45, 7) is 1.38. The molecule has 0 aromatic heterocycles. The largest absolute Gasteiger partial charge is 0.480 e. The Labute approximate surface area is 152 Å². The molecule has 1 heterocycles. The van der Waals surface area contributed by atoms with E-state index in [1.54, 1.807) is 12.1 Å². The van der Waals surface area contributed by atoms with Crippen LogP contribution >= 0.6 is 23.2 Å². The number of carboxylic acids is 1. The Balaban J connectivity index is 1.91. The van der Waals surface area contributed by atoms with Crippen molar-refractivity contribution < 1.29 is 14.7 Å². The Morgan fingerprint density at radius 3 is 2.67 bits per heavy atom. The van der Waals surface area contributed by atoms with Gasteiger partial charge in [-0.3, -0.25) is 14.5 Å². The minimum absolute atomic E-state index is 0.0296. The molecule has 1 fully saturated rings. The Hall–Kier alpha value is -1.30. The second kappa shape index (κ2) is 8.70. The SMILES string of the molecule is CN(CC(=O)O)C1CCCN(C(=O)Cc2ccc(Cl)c(Cl)c2)CC1. The van der Waals surface area contributed by atoms with Crippen LogP contribution in [0.2, 0.25) is 10.0 Å². The van der Waals surface area contributed by atoms with Crippen molar-refractivity contribution in [3.05, 3.63) is 33.8 Å². The lowest BCUT2D eigenvalue weighted by molar-refractivity contribution is -0.138. The van der Waals surface area contributed by atoms with Crippen LogP contribution in [0.15, 0.2) is 18.2 Å². The highest BCUT2D eigenvalue weighted by atomic mass is 35.5. The lowest BCUT2D eigenvalue weighted by atomic mass is 10.1. The van der Waals surface area contributed by atoms with Crippen molar-refractivity contribution in [3.8, 4) is 0 Å². The van der Waals surface area contributed by atoms with Gasteiger partial charge in [0.2, 0.25) is 5.91 Å². The van der Waals surface area contributed by atoms with Gasteiger partial charge in [0, 0.05) is 19.1 Å². The predicted molar refractivity (Wildman–Crippen MR) is 94.7 cm³/mol. The number of aliphatic carboxylic acids is 1.